The van der Waals surface area contributed by atoms with Crippen molar-refractivity contribution in [3.05, 3.63) is 71.0 Å². The van der Waals surface area contributed by atoms with Crippen molar-refractivity contribution in [2.45, 2.75) is 16.4 Å². The third-order valence-electron chi connectivity index (χ3n) is 3.63. The first-order chi connectivity index (χ1) is 9.55. The molecular weight excluding hydrogens is 370 g/mol. The van der Waals surface area contributed by atoms with Gasteiger partial charge in [0.25, 0.3) is 0 Å². The molecule has 102 valence electrons. The number of carbonyl (C=O) groups excluding carboxylic acids is 1. The highest BCUT2D eigenvalue weighted by Crippen LogP contribution is 2.46. The number of rotatable bonds is 2. The second-order valence-corrected chi connectivity index (χ2v) is 6.66. The van der Waals surface area contributed by atoms with Crippen LogP contribution in [0, 0.1) is 5.82 Å². The smallest absolute Gasteiger partial charge is 0.339 e. The summed E-state index contributed by atoms with van der Waals surface area (Å²) in [7, 11) is 0. The molecule has 2 unspecified atom stereocenters. The molecule has 0 bridgehead atoms. The first-order valence-corrected chi connectivity index (χ1v) is 7.53. The summed E-state index contributed by atoms with van der Waals surface area (Å²) in [5.41, 5.74) is 1.38. The Bertz CT molecular complexity index is 666. The van der Waals surface area contributed by atoms with E-state index in [2.05, 4.69) is 22.6 Å². The van der Waals surface area contributed by atoms with Gasteiger partial charge in [0.15, 0.2) is 5.60 Å². The third kappa shape index (κ3) is 1.85. The van der Waals surface area contributed by atoms with Gasteiger partial charge < -0.3 is 4.74 Å². The molecule has 0 saturated carbocycles. The molecule has 0 radical (unpaired) electrons. The molecule has 1 heterocycles. The largest absolute Gasteiger partial charge is 0.444 e. The van der Waals surface area contributed by atoms with E-state index in [-0.39, 0.29) is 15.7 Å². The number of carbonyl (C=O) groups is 1. The molecule has 2 atom stereocenters. The number of ether oxygens (including phenoxy) is 1. The molecule has 2 aromatic rings. The highest BCUT2D eigenvalue weighted by Gasteiger charge is 2.49. The van der Waals surface area contributed by atoms with E-state index in [1.165, 1.54) is 12.1 Å². The van der Waals surface area contributed by atoms with E-state index in [1.54, 1.807) is 18.2 Å². The molecule has 20 heavy (non-hydrogen) atoms. The maximum atomic E-state index is 13.2. The summed E-state index contributed by atoms with van der Waals surface area (Å²) < 4.78 is 18.9. The second-order valence-electron chi connectivity index (χ2n) is 4.79. The van der Waals surface area contributed by atoms with Gasteiger partial charge in [0.05, 0.1) is 9.49 Å². The number of cyclic esters (lactones) is 1. The highest BCUT2D eigenvalue weighted by molar-refractivity contribution is 14.1. The molecule has 0 N–H and O–H groups in total. The molecule has 0 fully saturated rings. The molecule has 0 saturated heterocycles. The molecule has 4 heteroatoms. The summed E-state index contributed by atoms with van der Waals surface area (Å²) in [6.45, 7) is 1.99. The van der Waals surface area contributed by atoms with E-state index < -0.39 is 5.60 Å². The van der Waals surface area contributed by atoms with Gasteiger partial charge in [0.2, 0.25) is 0 Å². The molecule has 0 spiro atoms. The van der Waals surface area contributed by atoms with Gasteiger partial charge in [0, 0.05) is 11.1 Å². The Morgan fingerprint density at radius 1 is 1.15 bits per heavy atom. The first kappa shape index (κ1) is 13.5. The average Bonchev–Trinajstić information content (AvgIpc) is 2.75. The van der Waals surface area contributed by atoms with Gasteiger partial charge in [-0.05, 0) is 25.1 Å². The van der Waals surface area contributed by atoms with E-state index in [4.69, 9.17) is 4.74 Å². The predicted molar refractivity (Wildman–Crippen MR) is 82.5 cm³/mol. The van der Waals surface area contributed by atoms with Crippen LogP contribution in [-0.2, 0) is 10.3 Å². The maximum absolute atomic E-state index is 13.2. The molecule has 0 aromatic heterocycles. The first-order valence-electron chi connectivity index (χ1n) is 6.28. The number of fused-ring (bicyclic) bond motifs is 1. The van der Waals surface area contributed by atoms with Crippen LogP contribution in [0.5, 0.6) is 0 Å². The zero-order valence-corrected chi connectivity index (χ0v) is 12.9. The molecule has 2 nitrogen and oxygen atoms in total. The van der Waals surface area contributed by atoms with Crippen LogP contribution in [0.15, 0.2) is 48.5 Å². The van der Waals surface area contributed by atoms with Crippen molar-refractivity contribution in [3.63, 3.8) is 0 Å². The Morgan fingerprint density at radius 2 is 1.80 bits per heavy atom. The molecule has 0 aliphatic carbocycles. The Hall–Kier alpha value is -1.43. The van der Waals surface area contributed by atoms with Crippen LogP contribution < -0.4 is 0 Å². The lowest BCUT2D eigenvalue weighted by atomic mass is 9.83. The number of esters is 1. The SMILES string of the molecule is CC(I)C1(c2ccc(F)cc2)OC(=O)c2ccccc21. The monoisotopic (exact) mass is 382 g/mol. The van der Waals surface area contributed by atoms with Crippen LogP contribution >= 0.6 is 22.6 Å². The van der Waals surface area contributed by atoms with Crippen molar-refractivity contribution in [1.29, 1.82) is 0 Å². The number of benzene rings is 2. The molecule has 1 aliphatic rings. The van der Waals surface area contributed by atoms with Crippen molar-refractivity contribution in [1.82, 2.24) is 0 Å². The summed E-state index contributed by atoms with van der Waals surface area (Å²) in [6, 6.07) is 13.5. The standard InChI is InChI=1S/C16H12FIO2/c1-10(18)16(11-6-8-12(17)9-7-11)14-5-3-2-4-13(14)15(19)20-16/h2-10H,1H3. The Morgan fingerprint density at radius 3 is 2.45 bits per heavy atom. The van der Waals surface area contributed by atoms with Crippen LogP contribution in [0.3, 0.4) is 0 Å². The van der Waals surface area contributed by atoms with E-state index in [9.17, 15) is 9.18 Å². The minimum atomic E-state index is -0.845. The lowest BCUT2D eigenvalue weighted by molar-refractivity contribution is 0.0131. The highest BCUT2D eigenvalue weighted by atomic mass is 127. The van der Waals surface area contributed by atoms with Crippen molar-refractivity contribution in [2.75, 3.05) is 0 Å². The van der Waals surface area contributed by atoms with E-state index >= 15 is 0 Å². The number of halogens is 2. The fourth-order valence-corrected chi connectivity index (χ4v) is 3.50. The summed E-state index contributed by atoms with van der Waals surface area (Å²) in [5, 5.41) is 0. The van der Waals surface area contributed by atoms with Gasteiger partial charge >= 0.3 is 5.97 Å². The van der Waals surface area contributed by atoms with Crippen LogP contribution in [0.4, 0.5) is 4.39 Å². The van der Waals surface area contributed by atoms with E-state index in [1.807, 2.05) is 25.1 Å². The average molecular weight is 382 g/mol. The topological polar surface area (TPSA) is 26.3 Å². The molecule has 0 amide bonds. The maximum Gasteiger partial charge on any atom is 0.339 e. The van der Waals surface area contributed by atoms with Crippen LogP contribution in [-0.4, -0.2) is 9.89 Å². The van der Waals surface area contributed by atoms with Crippen LogP contribution in [0.1, 0.15) is 28.4 Å². The summed E-state index contributed by atoms with van der Waals surface area (Å²) >= 11 is 2.25. The molecule has 2 aromatic carbocycles. The Balaban J connectivity index is 2.26. The van der Waals surface area contributed by atoms with Gasteiger partial charge in [-0.15, -0.1) is 0 Å². The van der Waals surface area contributed by atoms with Gasteiger partial charge in [-0.25, -0.2) is 9.18 Å². The summed E-state index contributed by atoms with van der Waals surface area (Å²) in [4.78, 5) is 12.1. The molecular formula is C16H12FIO2. The van der Waals surface area contributed by atoms with E-state index in [0.717, 1.165) is 11.1 Å². The molecule has 1 aliphatic heterocycles. The van der Waals surface area contributed by atoms with Crippen LogP contribution in [0.25, 0.3) is 0 Å². The zero-order valence-electron chi connectivity index (χ0n) is 10.8. The summed E-state index contributed by atoms with van der Waals surface area (Å²) in [5.74, 6) is -0.629. The van der Waals surface area contributed by atoms with Crippen LogP contribution in [0.2, 0.25) is 0 Å². The lowest BCUT2D eigenvalue weighted by Gasteiger charge is -2.32. The normalized spacial score (nSPS) is 22.2. The minimum Gasteiger partial charge on any atom is -0.444 e. The third-order valence-corrected chi connectivity index (χ3v) is 4.51. The van der Waals surface area contributed by atoms with Crippen molar-refractivity contribution < 1.29 is 13.9 Å². The number of hydrogen-bond acceptors (Lipinski definition) is 2. The Kier molecular flexibility index (Phi) is 3.28. The quantitative estimate of drug-likeness (QED) is 0.445. The fourth-order valence-electron chi connectivity index (χ4n) is 2.68. The number of hydrogen-bond donors (Lipinski definition) is 0. The molecule has 3 rings (SSSR count). The fraction of sp³-hybridized carbons (Fsp3) is 0.188. The van der Waals surface area contributed by atoms with Gasteiger partial charge in [-0.3, -0.25) is 0 Å². The number of alkyl halides is 1. The zero-order chi connectivity index (χ0) is 14.3. The lowest BCUT2D eigenvalue weighted by Crippen LogP contribution is -2.35. The van der Waals surface area contributed by atoms with Crippen molar-refractivity contribution in [3.8, 4) is 0 Å². The van der Waals surface area contributed by atoms with Gasteiger partial charge in [0.1, 0.15) is 5.82 Å². The van der Waals surface area contributed by atoms with Crippen molar-refractivity contribution in [2.24, 2.45) is 0 Å². The minimum absolute atomic E-state index is 0.0122. The van der Waals surface area contributed by atoms with Gasteiger partial charge in [-0.1, -0.05) is 52.9 Å². The second kappa shape index (κ2) is 4.84. The van der Waals surface area contributed by atoms with Gasteiger partial charge in [-0.2, -0.15) is 0 Å². The van der Waals surface area contributed by atoms with E-state index in [0.29, 0.717) is 5.56 Å². The Labute approximate surface area is 130 Å². The summed E-state index contributed by atoms with van der Waals surface area (Å²) in [6.07, 6.45) is 0. The predicted octanol–water partition coefficient (Wildman–Crippen LogP) is 4.06. The van der Waals surface area contributed by atoms with Crippen molar-refractivity contribution >= 4 is 28.6 Å².